The van der Waals surface area contributed by atoms with Crippen LogP contribution < -0.4 is 5.43 Å². The molecule has 0 spiro atoms. The summed E-state index contributed by atoms with van der Waals surface area (Å²) in [5.74, 6) is -0.310. The van der Waals surface area contributed by atoms with Crippen molar-refractivity contribution in [1.29, 1.82) is 0 Å². The molecule has 3 aromatic heterocycles. The molecule has 5 heteroatoms. The van der Waals surface area contributed by atoms with Crippen molar-refractivity contribution in [2.75, 3.05) is 0 Å². The molecule has 5 nitrogen and oxygen atoms in total. The molecule has 3 heterocycles. The van der Waals surface area contributed by atoms with Gasteiger partial charge in [-0.15, -0.1) is 0 Å². The van der Waals surface area contributed by atoms with Crippen LogP contribution in [-0.2, 0) is 0 Å². The van der Waals surface area contributed by atoms with Crippen LogP contribution in [0.4, 0.5) is 0 Å². The van der Waals surface area contributed by atoms with Gasteiger partial charge in [0.1, 0.15) is 16.8 Å². The summed E-state index contributed by atoms with van der Waals surface area (Å²) in [5, 5.41) is 0.340. The van der Waals surface area contributed by atoms with Crippen LogP contribution in [0.3, 0.4) is 0 Å². The largest absolute Gasteiger partial charge is 0.461 e. The quantitative estimate of drug-likeness (QED) is 0.539. The van der Waals surface area contributed by atoms with Gasteiger partial charge in [0.15, 0.2) is 11.5 Å². The van der Waals surface area contributed by atoms with E-state index in [0.717, 1.165) is 0 Å². The third-order valence-corrected chi connectivity index (χ3v) is 3.67. The Balaban J connectivity index is 2.08. The summed E-state index contributed by atoms with van der Waals surface area (Å²) in [6, 6.07) is 15.1. The van der Waals surface area contributed by atoms with Crippen molar-refractivity contribution in [3.63, 3.8) is 0 Å². The molecule has 0 aliphatic rings. The summed E-state index contributed by atoms with van der Waals surface area (Å²) in [7, 11) is 0. The predicted molar refractivity (Wildman–Crippen MR) is 87.9 cm³/mol. The fourth-order valence-corrected chi connectivity index (χ4v) is 2.56. The van der Waals surface area contributed by atoms with Crippen molar-refractivity contribution in [3.8, 4) is 11.5 Å². The lowest BCUT2D eigenvalue weighted by Crippen LogP contribution is -2.17. The number of hydrogen-bond acceptors (Lipinski definition) is 5. The Kier molecular flexibility index (Phi) is 3.31. The molecule has 116 valence electrons. The molecule has 0 amide bonds. The van der Waals surface area contributed by atoms with Crippen molar-refractivity contribution < 1.29 is 13.6 Å². The van der Waals surface area contributed by atoms with Gasteiger partial charge in [0, 0.05) is 6.20 Å². The van der Waals surface area contributed by atoms with E-state index in [0.29, 0.717) is 16.7 Å². The summed E-state index contributed by atoms with van der Waals surface area (Å²) in [4.78, 5) is 29.9. The van der Waals surface area contributed by atoms with Gasteiger partial charge in [0.2, 0.25) is 11.2 Å². The van der Waals surface area contributed by atoms with E-state index in [1.165, 1.54) is 12.3 Å². The number of ketones is 1. The number of fused-ring (bicyclic) bond motifs is 1. The average Bonchev–Trinajstić information content (AvgIpc) is 3.17. The SMILES string of the molecule is O=C(c1ccco1)c1c(-c2ccccn2)oc2ccccc2c1=O. The number of para-hydroxylation sites is 1. The van der Waals surface area contributed by atoms with Crippen LogP contribution in [-0.4, -0.2) is 10.8 Å². The highest BCUT2D eigenvalue weighted by molar-refractivity contribution is 6.11. The highest BCUT2D eigenvalue weighted by atomic mass is 16.3. The highest BCUT2D eigenvalue weighted by Crippen LogP contribution is 2.26. The van der Waals surface area contributed by atoms with Crippen LogP contribution in [0.1, 0.15) is 16.1 Å². The molecule has 0 atom stereocenters. The second kappa shape index (κ2) is 5.62. The van der Waals surface area contributed by atoms with Crippen LogP contribution in [0.15, 0.2) is 80.7 Å². The number of pyridine rings is 1. The number of carbonyl (C=O) groups excluding carboxylic acids is 1. The molecule has 1 aromatic carbocycles. The van der Waals surface area contributed by atoms with Crippen molar-refractivity contribution in [3.05, 3.63) is 88.6 Å². The van der Waals surface area contributed by atoms with Gasteiger partial charge in [-0.1, -0.05) is 18.2 Å². The third kappa shape index (κ3) is 2.23. The fourth-order valence-electron chi connectivity index (χ4n) is 2.56. The van der Waals surface area contributed by atoms with E-state index in [-0.39, 0.29) is 17.1 Å². The molecule has 24 heavy (non-hydrogen) atoms. The monoisotopic (exact) mass is 317 g/mol. The maximum Gasteiger partial charge on any atom is 0.235 e. The Morgan fingerprint density at radius 3 is 2.54 bits per heavy atom. The number of aromatic nitrogens is 1. The standard InChI is InChI=1S/C19H11NO4/c21-17-12-6-1-2-8-14(12)24-19(13-7-3-4-10-20-13)16(17)18(22)15-9-5-11-23-15/h1-11H. The van der Waals surface area contributed by atoms with Crippen LogP contribution >= 0.6 is 0 Å². The number of hydrogen-bond donors (Lipinski definition) is 0. The Bertz CT molecular complexity index is 1080. The Morgan fingerprint density at radius 2 is 1.79 bits per heavy atom. The van der Waals surface area contributed by atoms with Gasteiger partial charge in [-0.25, -0.2) is 0 Å². The van der Waals surface area contributed by atoms with E-state index < -0.39 is 11.2 Å². The van der Waals surface area contributed by atoms with Crippen LogP contribution in [0.25, 0.3) is 22.4 Å². The van der Waals surface area contributed by atoms with Gasteiger partial charge < -0.3 is 8.83 Å². The maximum atomic E-state index is 12.9. The van der Waals surface area contributed by atoms with Crippen molar-refractivity contribution in [2.45, 2.75) is 0 Å². The van der Waals surface area contributed by atoms with Gasteiger partial charge in [-0.2, -0.15) is 0 Å². The summed E-state index contributed by atoms with van der Waals surface area (Å²) in [5.41, 5.74) is 0.329. The van der Waals surface area contributed by atoms with E-state index in [1.54, 1.807) is 54.7 Å². The first-order valence-corrected chi connectivity index (χ1v) is 7.31. The number of rotatable bonds is 3. The zero-order valence-corrected chi connectivity index (χ0v) is 12.4. The topological polar surface area (TPSA) is 73.3 Å². The fraction of sp³-hybridized carbons (Fsp3) is 0. The molecule has 0 saturated heterocycles. The zero-order valence-electron chi connectivity index (χ0n) is 12.4. The lowest BCUT2D eigenvalue weighted by Gasteiger charge is -2.08. The van der Waals surface area contributed by atoms with E-state index in [2.05, 4.69) is 4.98 Å². The summed E-state index contributed by atoms with van der Waals surface area (Å²) in [6.45, 7) is 0. The minimum absolute atomic E-state index is 0.0785. The number of carbonyl (C=O) groups is 1. The van der Waals surface area contributed by atoms with Crippen LogP contribution in [0.5, 0.6) is 0 Å². The van der Waals surface area contributed by atoms with Gasteiger partial charge in [-0.3, -0.25) is 14.6 Å². The lowest BCUT2D eigenvalue weighted by atomic mass is 10.0. The molecule has 0 aliphatic carbocycles. The predicted octanol–water partition coefficient (Wildman–Crippen LogP) is 3.68. The molecule has 0 fully saturated rings. The molecular formula is C19H11NO4. The second-order valence-corrected chi connectivity index (χ2v) is 5.15. The minimum Gasteiger partial charge on any atom is -0.461 e. The Hall–Kier alpha value is -3.47. The van der Waals surface area contributed by atoms with Gasteiger partial charge in [-0.05, 0) is 36.4 Å². The summed E-state index contributed by atoms with van der Waals surface area (Å²) >= 11 is 0. The summed E-state index contributed by atoms with van der Waals surface area (Å²) < 4.78 is 11.0. The molecule has 0 saturated carbocycles. The number of nitrogens with zero attached hydrogens (tertiary/aromatic N) is 1. The molecule has 0 bridgehead atoms. The van der Waals surface area contributed by atoms with Crippen LogP contribution in [0, 0.1) is 0 Å². The molecule has 0 unspecified atom stereocenters. The maximum absolute atomic E-state index is 12.9. The molecule has 0 N–H and O–H groups in total. The first-order chi connectivity index (χ1) is 11.8. The lowest BCUT2D eigenvalue weighted by molar-refractivity contribution is 0.101. The Morgan fingerprint density at radius 1 is 0.958 bits per heavy atom. The molecule has 0 aliphatic heterocycles. The van der Waals surface area contributed by atoms with Crippen molar-refractivity contribution in [1.82, 2.24) is 4.98 Å². The smallest absolute Gasteiger partial charge is 0.235 e. The second-order valence-electron chi connectivity index (χ2n) is 5.15. The first-order valence-electron chi connectivity index (χ1n) is 7.31. The van der Waals surface area contributed by atoms with Crippen molar-refractivity contribution >= 4 is 16.8 Å². The summed E-state index contributed by atoms with van der Waals surface area (Å²) in [6.07, 6.45) is 2.96. The highest BCUT2D eigenvalue weighted by Gasteiger charge is 2.25. The van der Waals surface area contributed by atoms with E-state index in [1.807, 2.05) is 0 Å². The first kappa shape index (κ1) is 14.1. The van der Waals surface area contributed by atoms with Gasteiger partial charge in [0.25, 0.3) is 0 Å². The molecule has 4 rings (SSSR count). The van der Waals surface area contributed by atoms with Crippen molar-refractivity contribution in [2.24, 2.45) is 0 Å². The van der Waals surface area contributed by atoms with E-state index in [9.17, 15) is 9.59 Å². The molecule has 4 aromatic rings. The van der Waals surface area contributed by atoms with Gasteiger partial charge in [0.05, 0.1) is 11.6 Å². The average molecular weight is 317 g/mol. The zero-order chi connectivity index (χ0) is 16.5. The van der Waals surface area contributed by atoms with E-state index in [4.69, 9.17) is 8.83 Å². The Labute approximate surface area is 136 Å². The molecule has 0 radical (unpaired) electrons. The van der Waals surface area contributed by atoms with Gasteiger partial charge >= 0.3 is 0 Å². The molecular weight excluding hydrogens is 306 g/mol. The van der Waals surface area contributed by atoms with E-state index >= 15 is 0 Å². The normalized spacial score (nSPS) is 10.8. The minimum atomic E-state index is -0.528. The third-order valence-electron chi connectivity index (χ3n) is 3.67. The number of furan rings is 1. The van der Waals surface area contributed by atoms with Crippen LogP contribution in [0.2, 0.25) is 0 Å². The number of benzene rings is 1.